The van der Waals surface area contributed by atoms with E-state index >= 15 is 0 Å². The third kappa shape index (κ3) is 7.27. The first-order valence-electron chi connectivity index (χ1n) is 7.95. The van der Waals surface area contributed by atoms with E-state index in [1.54, 1.807) is 0 Å². The highest BCUT2D eigenvalue weighted by Gasteiger charge is 2.16. The molecule has 134 valence electrons. The molecule has 1 aliphatic rings. The van der Waals surface area contributed by atoms with Crippen LogP contribution in [-0.2, 0) is 0 Å². The molecule has 1 aliphatic heterocycles. The van der Waals surface area contributed by atoms with Gasteiger partial charge in [-0.05, 0) is 25.1 Å². The van der Waals surface area contributed by atoms with Crippen molar-refractivity contribution in [1.82, 2.24) is 10.2 Å². The maximum Gasteiger partial charge on any atom is 0.188 e. The number of hydrogen-bond acceptors (Lipinski definition) is 3. The number of piperazine rings is 1. The maximum atomic E-state index is 6.06. The number of rotatable bonds is 6. The molecule has 0 aliphatic carbocycles. The molecular weight excluding hydrogens is 437 g/mol. The van der Waals surface area contributed by atoms with Crippen LogP contribution in [0.3, 0.4) is 0 Å². The van der Waals surface area contributed by atoms with Crippen LogP contribution >= 0.6 is 35.6 Å². The standard InChI is InChI=1S/C17H26ClN5.HI/c1-14(2)13-21-17(19)20-6-7-22-8-10-23(11-9-22)16-5-3-4-15(18)12-16;/h3-5,12H,1,6-11,13H2,2H3,(H3,19,20,21);1H. The Kier molecular flexibility index (Phi) is 9.46. The van der Waals surface area contributed by atoms with Gasteiger partial charge in [0.25, 0.3) is 0 Å². The Bertz CT molecular complexity index is 556. The number of halogens is 2. The molecule has 0 atom stereocenters. The zero-order chi connectivity index (χ0) is 16.7. The Morgan fingerprint density at radius 1 is 1.33 bits per heavy atom. The molecule has 3 N–H and O–H groups in total. The molecule has 1 aromatic carbocycles. The minimum Gasteiger partial charge on any atom is -0.370 e. The van der Waals surface area contributed by atoms with Gasteiger partial charge in [0.05, 0.1) is 6.54 Å². The van der Waals surface area contributed by atoms with Crippen molar-refractivity contribution in [3.8, 4) is 0 Å². The molecule has 1 saturated heterocycles. The first-order chi connectivity index (χ1) is 11.0. The van der Waals surface area contributed by atoms with Gasteiger partial charge in [0.15, 0.2) is 5.96 Å². The largest absolute Gasteiger partial charge is 0.370 e. The number of nitrogens with zero attached hydrogens (tertiary/aromatic N) is 3. The minimum absolute atomic E-state index is 0. The van der Waals surface area contributed by atoms with Gasteiger partial charge in [0, 0.05) is 50.0 Å². The van der Waals surface area contributed by atoms with Crippen molar-refractivity contribution in [2.75, 3.05) is 50.7 Å². The Labute approximate surface area is 167 Å². The Morgan fingerprint density at radius 3 is 2.67 bits per heavy atom. The van der Waals surface area contributed by atoms with Crippen LogP contribution in [0.4, 0.5) is 5.69 Å². The third-order valence-electron chi connectivity index (χ3n) is 3.80. The Morgan fingerprint density at radius 2 is 2.04 bits per heavy atom. The fourth-order valence-electron chi connectivity index (χ4n) is 2.52. The molecule has 1 fully saturated rings. The van der Waals surface area contributed by atoms with Crippen LogP contribution in [0.1, 0.15) is 6.92 Å². The topological polar surface area (TPSA) is 56.9 Å². The van der Waals surface area contributed by atoms with E-state index in [9.17, 15) is 0 Å². The monoisotopic (exact) mass is 463 g/mol. The zero-order valence-corrected chi connectivity index (χ0v) is 17.3. The second-order valence-electron chi connectivity index (χ2n) is 5.89. The first-order valence-corrected chi connectivity index (χ1v) is 8.33. The molecule has 24 heavy (non-hydrogen) atoms. The summed E-state index contributed by atoms with van der Waals surface area (Å²) < 4.78 is 0. The molecule has 1 aromatic rings. The molecule has 0 aromatic heterocycles. The number of benzene rings is 1. The number of guanidine groups is 1. The average molecular weight is 464 g/mol. The number of anilines is 1. The summed E-state index contributed by atoms with van der Waals surface area (Å²) in [6, 6.07) is 8.05. The average Bonchev–Trinajstić information content (AvgIpc) is 2.53. The normalized spacial score (nSPS) is 15.8. The molecule has 0 bridgehead atoms. The van der Waals surface area contributed by atoms with E-state index in [0.29, 0.717) is 12.5 Å². The fourth-order valence-corrected chi connectivity index (χ4v) is 2.71. The van der Waals surface area contributed by atoms with Gasteiger partial charge in [-0.15, -0.1) is 24.0 Å². The summed E-state index contributed by atoms with van der Waals surface area (Å²) in [7, 11) is 0. The molecule has 1 heterocycles. The van der Waals surface area contributed by atoms with Crippen molar-refractivity contribution in [3.05, 3.63) is 41.4 Å². The van der Waals surface area contributed by atoms with Crippen LogP contribution in [0.25, 0.3) is 0 Å². The highest BCUT2D eigenvalue weighted by Crippen LogP contribution is 2.20. The Hall–Kier alpha value is -0.990. The van der Waals surface area contributed by atoms with Gasteiger partial charge in [0.2, 0.25) is 0 Å². The van der Waals surface area contributed by atoms with Crippen molar-refractivity contribution in [2.24, 2.45) is 10.7 Å². The lowest BCUT2D eigenvalue weighted by atomic mass is 10.2. The summed E-state index contributed by atoms with van der Waals surface area (Å²) in [6.45, 7) is 12.2. The van der Waals surface area contributed by atoms with Crippen LogP contribution in [0, 0.1) is 0 Å². The molecule has 5 nitrogen and oxygen atoms in total. The van der Waals surface area contributed by atoms with Gasteiger partial charge in [-0.25, -0.2) is 4.99 Å². The second-order valence-corrected chi connectivity index (χ2v) is 6.33. The zero-order valence-electron chi connectivity index (χ0n) is 14.2. The summed E-state index contributed by atoms with van der Waals surface area (Å²) in [6.07, 6.45) is 0. The molecule has 0 radical (unpaired) electrons. The van der Waals surface area contributed by atoms with Crippen LogP contribution in [0.15, 0.2) is 41.4 Å². The lowest BCUT2D eigenvalue weighted by molar-refractivity contribution is 0.262. The molecule has 0 unspecified atom stereocenters. The molecule has 0 spiro atoms. The summed E-state index contributed by atoms with van der Waals surface area (Å²) in [5.74, 6) is 0.491. The number of hydrogen-bond donors (Lipinski definition) is 2. The van der Waals surface area contributed by atoms with Crippen LogP contribution in [0.5, 0.6) is 0 Å². The minimum atomic E-state index is 0. The summed E-state index contributed by atoms with van der Waals surface area (Å²) in [5, 5.41) is 3.94. The highest BCUT2D eigenvalue weighted by atomic mass is 127. The number of nitrogens with one attached hydrogen (secondary N) is 1. The van der Waals surface area contributed by atoms with E-state index in [1.165, 1.54) is 5.69 Å². The molecule has 0 amide bonds. The van der Waals surface area contributed by atoms with Crippen molar-refractivity contribution < 1.29 is 0 Å². The van der Waals surface area contributed by atoms with Crippen molar-refractivity contribution in [1.29, 1.82) is 0 Å². The van der Waals surface area contributed by atoms with Crippen LogP contribution in [-0.4, -0.2) is 56.7 Å². The van der Waals surface area contributed by atoms with Gasteiger partial charge in [-0.2, -0.15) is 0 Å². The predicted molar refractivity (Wildman–Crippen MR) is 115 cm³/mol. The van der Waals surface area contributed by atoms with E-state index in [0.717, 1.165) is 49.9 Å². The summed E-state index contributed by atoms with van der Waals surface area (Å²) >= 11 is 6.06. The van der Waals surface area contributed by atoms with E-state index in [2.05, 4.69) is 32.8 Å². The van der Waals surface area contributed by atoms with Gasteiger partial charge in [-0.1, -0.05) is 29.8 Å². The number of nitrogens with two attached hydrogens (primary N) is 1. The molecular formula is C17H27ClIN5. The lowest BCUT2D eigenvalue weighted by Gasteiger charge is -2.36. The quantitative estimate of drug-likeness (QED) is 0.295. The smallest absolute Gasteiger partial charge is 0.188 e. The first kappa shape index (κ1) is 21.1. The van der Waals surface area contributed by atoms with Crippen LogP contribution < -0.4 is 16.0 Å². The third-order valence-corrected chi connectivity index (χ3v) is 4.03. The Balaban J connectivity index is 0.00000288. The van der Waals surface area contributed by atoms with Gasteiger partial charge < -0.3 is 16.0 Å². The van der Waals surface area contributed by atoms with Crippen molar-refractivity contribution in [2.45, 2.75) is 6.92 Å². The summed E-state index contributed by atoms with van der Waals surface area (Å²) in [4.78, 5) is 9.01. The van der Waals surface area contributed by atoms with E-state index < -0.39 is 0 Å². The molecule has 7 heteroatoms. The fraction of sp³-hybridized carbons (Fsp3) is 0.471. The molecule has 0 saturated carbocycles. The summed E-state index contributed by atoms with van der Waals surface area (Å²) in [5.41, 5.74) is 8.02. The van der Waals surface area contributed by atoms with E-state index in [-0.39, 0.29) is 24.0 Å². The van der Waals surface area contributed by atoms with Crippen molar-refractivity contribution >= 4 is 47.2 Å². The predicted octanol–water partition coefficient (Wildman–Crippen LogP) is 2.56. The van der Waals surface area contributed by atoms with Gasteiger partial charge in [0.1, 0.15) is 0 Å². The second kappa shape index (κ2) is 10.8. The SMILES string of the molecule is C=C(C)CN=C(N)NCCN1CCN(c2cccc(Cl)c2)CC1.I. The van der Waals surface area contributed by atoms with Gasteiger partial charge in [-0.3, -0.25) is 4.90 Å². The lowest BCUT2D eigenvalue weighted by Crippen LogP contribution is -2.49. The number of aliphatic imine (C=N–C) groups is 1. The van der Waals surface area contributed by atoms with Gasteiger partial charge >= 0.3 is 0 Å². The van der Waals surface area contributed by atoms with Crippen molar-refractivity contribution in [3.63, 3.8) is 0 Å². The highest BCUT2D eigenvalue weighted by molar-refractivity contribution is 14.0. The maximum absolute atomic E-state index is 6.06. The molecule has 2 rings (SSSR count). The van der Waals surface area contributed by atoms with E-state index in [4.69, 9.17) is 17.3 Å². The van der Waals surface area contributed by atoms with E-state index in [1.807, 2.05) is 25.1 Å². The van der Waals surface area contributed by atoms with Crippen LogP contribution in [0.2, 0.25) is 5.02 Å².